The number of Topliss-reactive ketones (excluding diaryl/α,β-unsaturated/α-hetero) is 1. The second kappa shape index (κ2) is 5.12. The molecule has 0 spiro atoms. The van der Waals surface area contributed by atoms with Gasteiger partial charge < -0.3 is 5.11 Å². The van der Waals surface area contributed by atoms with E-state index < -0.39 is 5.97 Å². The summed E-state index contributed by atoms with van der Waals surface area (Å²) in [5.74, 6) is -1.80. The van der Waals surface area contributed by atoms with Crippen LogP contribution in [0.25, 0.3) is 0 Å². The van der Waals surface area contributed by atoms with E-state index in [4.69, 9.17) is 0 Å². The molecule has 0 amide bonds. The molecule has 0 bridgehead atoms. The molecular formula is C15H13FN2O3. The summed E-state index contributed by atoms with van der Waals surface area (Å²) < 4.78 is 15.2. The van der Waals surface area contributed by atoms with Gasteiger partial charge in [0.25, 0.3) is 0 Å². The lowest BCUT2D eigenvalue weighted by Gasteiger charge is -2.13. The van der Waals surface area contributed by atoms with Crippen LogP contribution >= 0.6 is 0 Å². The van der Waals surface area contributed by atoms with Crippen LogP contribution < -0.4 is 0 Å². The van der Waals surface area contributed by atoms with Crippen LogP contribution in [0, 0.1) is 5.82 Å². The first-order chi connectivity index (χ1) is 10.1. The molecular weight excluding hydrogens is 275 g/mol. The van der Waals surface area contributed by atoms with Gasteiger partial charge in [-0.1, -0.05) is 18.2 Å². The zero-order chi connectivity index (χ0) is 15.0. The number of hydrogen-bond acceptors (Lipinski definition) is 3. The second-order valence-corrected chi connectivity index (χ2v) is 5.00. The number of rotatable bonds is 3. The summed E-state index contributed by atoms with van der Waals surface area (Å²) in [5, 5.41) is 13.2. The zero-order valence-electron chi connectivity index (χ0n) is 11.2. The van der Waals surface area contributed by atoms with Gasteiger partial charge >= 0.3 is 5.97 Å². The molecule has 2 aromatic rings. The van der Waals surface area contributed by atoms with Crippen LogP contribution in [0.1, 0.15) is 44.9 Å². The molecule has 1 aliphatic rings. The molecule has 0 aliphatic heterocycles. The highest BCUT2D eigenvalue weighted by Gasteiger charge is 2.30. The Balaban J connectivity index is 2.08. The Morgan fingerprint density at radius 2 is 2.10 bits per heavy atom. The average Bonchev–Trinajstić information content (AvgIpc) is 2.82. The molecule has 3 rings (SSSR count). The van der Waals surface area contributed by atoms with E-state index >= 15 is 0 Å². The lowest BCUT2D eigenvalue weighted by molar-refractivity contribution is 0.0684. The lowest BCUT2D eigenvalue weighted by atomic mass is 9.94. The lowest BCUT2D eigenvalue weighted by Crippen LogP contribution is -2.15. The van der Waals surface area contributed by atoms with Crippen molar-refractivity contribution in [3.05, 3.63) is 52.6 Å². The van der Waals surface area contributed by atoms with Gasteiger partial charge in [-0.25, -0.2) is 9.18 Å². The third-order valence-electron chi connectivity index (χ3n) is 3.63. The summed E-state index contributed by atoms with van der Waals surface area (Å²) >= 11 is 0. The normalized spacial score (nSPS) is 14.0. The maximum Gasteiger partial charge on any atom is 0.357 e. The Hall–Kier alpha value is -2.50. The molecule has 1 N–H and O–H groups in total. The van der Waals surface area contributed by atoms with Crippen LogP contribution in [-0.2, 0) is 13.0 Å². The Bertz CT molecular complexity index is 737. The van der Waals surface area contributed by atoms with Crippen molar-refractivity contribution < 1.29 is 19.1 Å². The third kappa shape index (κ3) is 2.33. The maximum absolute atomic E-state index is 13.7. The molecule has 6 heteroatoms. The van der Waals surface area contributed by atoms with Gasteiger partial charge in [0, 0.05) is 12.0 Å². The molecule has 1 aromatic carbocycles. The molecule has 0 saturated heterocycles. The van der Waals surface area contributed by atoms with Crippen LogP contribution in [0.3, 0.4) is 0 Å². The molecule has 1 aromatic heterocycles. The minimum Gasteiger partial charge on any atom is -0.476 e. The van der Waals surface area contributed by atoms with Crippen molar-refractivity contribution in [2.45, 2.75) is 25.8 Å². The smallest absolute Gasteiger partial charge is 0.357 e. The number of carboxylic acids is 1. The summed E-state index contributed by atoms with van der Waals surface area (Å²) in [5.41, 5.74) is 0.959. The summed E-state index contributed by atoms with van der Waals surface area (Å²) in [4.78, 5) is 23.2. The van der Waals surface area contributed by atoms with E-state index in [0.29, 0.717) is 30.5 Å². The summed E-state index contributed by atoms with van der Waals surface area (Å²) in [6.45, 7) is 0.121. The number of fused-ring (bicyclic) bond motifs is 1. The van der Waals surface area contributed by atoms with Crippen molar-refractivity contribution in [2.24, 2.45) is 0 Å². The number of carbonyl (C=O) groups excluding carboxylic acids is 1. The zero-order valence-corrected chi connectivity index (χ0v) is 11.2. The largest absolute Gasteiger partial charge is 0.476 e. The highest BCUT2D eigenvalue weighted by molar-refractivity contribution is 6.06. The minimum atomic E-state index is -1.23. The highest BCUT2D eigenvalue weighted by Crippen LogP contribution is 2.25. The Morgan fingerprint density at radius 1 is 1.33 bits per heavy atom. The van der Waals surface area contributed by atoms with Gasteiger partial charge in [-0.2, -0.15) is 5.10 Å². The Kier molecular flexibility index (Phi) is 3.29. The van der Waals surface area contributed by atoms with Crippen molar-refractivity contribution in [1.82, 2.24) is 9.78 Å². The van der Waals surface area contributed by atoms with E-state index in [1.165, 1.54) is 10.7 Å². The van der Waals surface area contributed by atoms with Gasteiger partial charge in [0.05, 0.1) is 17.8 Å². The predicted octanol–water partition coefficient (Wildman–Crippen LogP) is 2.29. The van der Waals surface area contributed by atoms with Crippen LogP contribution in [0.5, 0.6) is 0 Å². The van der Waals surface area contributed by atoms with Gasteiger partial charge in [0.1, 0.15) is 5.82 Å². The number of aromatic carboxylic acids is 1. The first-order valence-electron chi connectivity index (χ1n) is 6.67. The molecule has 0 radical (unpaired) electrons. The standard InChI is InChI=1S/C15H13FN2O3/c16-10-5-2-1-4-9(10)8-18-11-6-3-7-12(19)13(11)14(17-18)15(20)21/h1-2,4-5H,3,6-8H2,(H,20,21). The highest BCUT2D eigenvalue weighted by atomic mass is 19.1. The van der Waals surface area contributed by atoms with Gasteiger partial charge in [0.2, 0.25) is 0 Å². The van der Waals surface area contributed by atoms with Crippen molar-refractivity contribution in [3.8, 4) is 0 Å². The molecule has 0 saturated carbocycles. The van der Waals surface area contributed by atoms with E-state index in [9.17, 15) is 19.1 Å². The summed E-state index contributed by atoms with van der Waals surface area (Å²) in [7, 11) is 0. The van der Waals surface area contributed by atoms with Gasteiger partial charge in [-0.05, 0) is 18.9 Å². The fourth-order valence-electron chi connectivity index (χ4n) is 2.65. The Labute approximate surface area is 120 Å². The second-order valence-electron chi connectivity index (χ2n) is 5.00. The quantitative estimate of drug-likeness (QED) is 0.940. The summed E-state index contributed by atoms with van der Waals surface area (Å²) in [6.07, 6.45) is 1.57. The number of aromatic nitrogens is 2. The number of halogens is 1. The third-order valence-corrected chi connectivity index (χ3v) is 3.63. The molecule has 1 aliphatic carbocycles. The maximum atomic E-state index is 13.7. The number of carbonyl (C=O) groups is 2. The van der Waals surface area contributed by atoms with E-state index in [-0.39, 0.29) is 29.4 Å². The fourth-order valence-corrected chi connectivity index (χ4v) is 2.65. The fraction of sp³-hybridized carbons (Fsp3) is 0.267. The first kappa shape index (κ1) is 13.5. The van der Waals surface area contributed by atoms with Crippen LogP contribution in [0.2, 0.25) is 0 Å². The molecule has 0 fully saturated rings. The number of carboxylic acid groups (broad SMARTS) is 1. The van der Waals surface area contributed by atoms with E-state index in [1.54, 1.807) is 18.2 Å². The number of nitrogens with zero attached hydrogens (tertiary/aromatic N) is 2. The molecule has 0 unspecified atom stereocenters. The topological polar surface area (TPSA) is 72.2 Å². The van der Waals surface area contributed by atoms with E-state index in [1.807, 2.05) is 0 Å². The van der Waals surface area contributed by atoms with E-state index in [2.05, 4.69) is 5.10 Å². The van der Waals surface area contributed by atoms with Crippen LogP contribution in [0.4, 0.5) is 4.39 Å². The average molecular weight is 288 g/mol. The summed E-state index contributed by atoms with van der Waals surface area (Å²) in [6, 6.07) is 6.25. The number of ketones is 1. The molecule has 21 heavy (non-hydrogen) atoms. The van der Waals surface area contributed by atoms with Crippen molar-refractivity contribution >= 4 is 11.8 Å². The van der Waals surface area contributed by atoms with Crippen molar-refractivity contribution in [1.29, 1.82) is 0 Å². The number of hydrogen-bond donors (Lipinski definition) is 1. The Morgan fingerprint density at radius 3 is 2.81 bits per heavy atom. The SMILES string of the molecule is O=C(O)c1nn(Cc2ccccc2F)c2c1C(=O)CCC2. The number of benzene rings is 1. The van der Waals surface area contributed by atoms with E-state index in [0.717, 1.165) is 0 Å². The van der Waals surface area contributed by atoms with Gasteiger partial charge in [-0.15, -0.1) is 0 Å². The van der Waals surface area contributed by atoms with Crippen LogP contribution in [-0.4, -0.2) is 26.6 Å². The van der Waals surface area contributed by atoms with Crippen molar-refractivity contribution in [2.75, 3.05) is 0 Å². The van der Waals surface area contributed by atoms with Gasteiger partial charge in [-0.3, -0.25) is 9.48 Å². The molecule has 0 atom stereocenters. The molecule has 5 nitrogen and oxygen atoms in total. The predicted molar refractivity (Wildman–Crippen MR) is 72.0 cm³/mol. The monoisotopic (exact) mass is 288 g/mol. The van der Waals surface area contributed by atoms with Crippen molar-refractivity contribution in [3.63, 3.8) is 0 Å². The van der Waals surface area contributed by atoms with Gasteiger partial charge in [0.15, 0.2) is 11.5 Å². The molecule has 1 heterocycles. The van der Waals surface area contributed by atoms with Crippen LogP contribution in [0.15, 0.2) is 24.3 Å². The molecule has 108 valence electrons. The minimum absolute atomic E-state index is 0.121. The first-order valence-corrected chi connectivity index (χ1v) is 6.67.